The molecule has 0 bridgehead atoms. The molecule has 1 fully saturated rings. The summed E-state index contributed by atoms with van der Waals surface area (Å²) in [7, 11) is 0. The van der Waals surface area contributed by atoms with E-state index in [0.717, 1.165) is 25.5 Å². The molecular formula is C15H21F2N. The SMILES string of the molecule is CC(C)(C)NCC1CCC1c1ccc(F)cc1F. The first-order valence-corrected chi connectivity index (χ1v) is 6.57. The first-order valence-electron chi connectivity index (χ1n) is 6.57. The van der Waals surface area contributed by atoms with Crippen LogP contribution in [0.3, 0.4) is 0 Å². The molecule has 0 amide bonds. The van der Waals surface area contributed by atoms with E-state index in [-0.39, 0.29) is 11.5 Å². The lowest BCUT2D eigenvalue weighted by atomic mass is 9.69. The predicted molar refractivity (Wildman–Crippen MR) is 69.6 cm³/mol. The molecule has 100 valence electrons. The average molecular weight is 253 g/mol. The third-order valence-corrected chi connectivity index (χ3v) is 3.67. The third-order valence-electron chi connectivity index (χ3n) is 3.67. The largest absolute Gasteiger partial charge is 0.312 e. The van der Waals surface area contributed by atoms with Crippen LogP contribution >= 0.6 is 0 Å². The Morgan fingerprint density at radius 1 is 1.22 bits per heavy atom. The van der Waals surface area contributed by atoms with E-state index in [1.165, 1.54) is 6.07 Å². The molecule has 1 N–H and O–H groups in total. The van der Waals surface area contributed by atoms with E-state index in [9.17, 15) is 8.78 Å². The molecule has 1 aromatic carbocycles. The van der Waals surface area contributed by atoms with E-state index >= 15 is 0 Å². The van der Waals surface area contributed by atoms with Crippen molar-refractivity contribution in [3.05, 3.63) is 35.4 Å². The van der Waals surface area contributed by atoms with Crippen LogP contribution in [0, 0.1) is 17.6 Å². The predicted octanol–water partition coefficient (Wildman–Crippen LogP) is 3.85. The Morgan fingerprint density at radius 3 is 2.44 bits per heavy atom. The van der Waals surface area contributed by atoms with Gasteiger partial charge in [-0.05, 0) is 63.6 Å². The molecule has 0 heterocycles. The van der Waals surface area contributed by atoms with Gasteiger partial charge < -0.3 is 5.32 Å². The van der Waals surface area contributed by atoms with Crippen LogP contribution in [-0.2, 0) is 0 Å². The highest BCUT2D eigenvalue weighted by Gasteiger charge is 2.34. The van der Waals surface area contributed by atoms with Crippen molar-refractivity contribution in [3.8, 4) is 0 Å². The van der Waals surface area contributed by atoms with Crippen LogP contribution < -0.4 is 5.32 Å². The minimum absolute atomic E-state index is 0.0848. The number of hydrogen-bond donors (Lipinski definition) is 1. The second-order valence-electron chi connectivity index (χ2n) is 6.24. The zero-order chi connectivity index (χ0) is 13.3. The number of benzene rings is 1. The highest BCUT2D eigenvalue weighted by atomic mass is 19.1. The molecule has 2 atom stereocenters. The molecule has 3 heteroatoms. The van der Waals surface area contributed by atoms with Gasteiger partial charge in [-0.3, -0.25) is 0 Å². The molecule has 0 spiro atoms. The molecule has 18 heavy (non-hydrogen) atoms. The van der Waals surface area contributed by atoms with Crippen LogP contribution in [0.25, 0.3) is 0 Å². The molecule has 0 saturated heterocycles. The second-order valence-corrected chi connectivity index (χ2v) is 6.24. The summed E-state index contributed by atoms with van der Waals surface area (Å²) in [5.74, 6) is -0.204. The smallest absolute Gasteiger partial charge is 0.129 e. The maximum atomic E-state index is 13.7. The van der Waals surface area contributed by atoms with E-state index in [1.54, 1.807) is 6.07 Å². The van der Waals surface area contributed by atoms with Gasteiger partial charge in [0.1, 0.15) is 11.6 Å². The second kappa shape index (κ2) is 4.96. The van der Waals surface area contributed by atoms with Gasteiger partial charge in [0.05, 0.1) is 0 Å². The molecule has 2 unspecified atom stereocenters. The zero-order valence-corrected chi connectivity index (χ0v) is 11.3. The first kappa shape index (κ1) is 13.5. The molecule has 0 aromatic heterocycles. The number of nitrogens with one attached hydrogen (secondary N) is 1. The highest BCUT2D eigenvalue weighted by Crippen LogP contribution is 2.43. The maximum absolute atomic E-state index is 13.7. The Balaban J connectivity index is 2.01. The van der Waals surface area contributed by atoms with E-state index in [2.05, 4.69) is 26.1 Å². The Labute approximate surface area is 108 Å². The summed E-state index contributed by atoms with van der Waals surface area (Å²) in [6.45, 7) is 7.27. The minimum atomic E-state index is -0.500. The fraction of sp³-hybridized carbons (Fsp3) is 0.600. The first-order chi connectivity index (χ1) is 8.37. The van der Waals surface area contributed by atoms with Crippen LogP contribution in [0.5, 0.6) is 0 Å². The molecular weight excluding hydrogens is 232 g/mol. The number of halogens is 2. The topological polar surface area (TPSA) is 12.0 Å². The molecule has 0 radical (unpaired) electrons. The van der Waals surface area contributed by atoms with E-state index < -0.39 is 11.6 Å². The summed E-state index contributed by atoms with van der Waals surface area (Å²) in [6, 6.07) is 3.94. The summed E-state index contributed by atoms with van der Waals surface area (Å²) in [4.78, 5) is 0. The summed E-state index contributed by atoms with van der Waals surface area (Å²) in [5.41, 5.74) is 0.755. The Morgan fingerprint density at radius 2 is 1.94 bits per heavy atom. The van der Waals surface area contributed by atoms with Crippen LogP contribution in [0.4, 0.5) is 8.78 Å². The summed E-state index contributed by atoms with van der Waals surface area (Å²) >= 11 is 0. The van der Waals surface area contributed by atoms with Crippen molar-refractivity contribution in [1.29, 1.82) is 0 Å². The van der Waals surface area contributed by atoms with E-state index in [0.29, 0.717) is 11.5 Å². The fourth-order valence-electron chi connectivity index (χ4n) is 2.46. The maximum Gasteiger partial charge on any atom is 0.129 e. The van der Waals surface area contributed by atoms with Gasteiger partial charge in [0.15, 0.2) is 0 Å². The highest BCUT2D eigenvalue weighted by molar-refractivity contribution is 5.25. The fourth-order valence-corrected chi connectivity index (χ4v) is 2.46. The van der Waals surface area contributed by atoms with Crippen LogP contribution in [0.1, 0.15) is 45.1 Å². The standard InChI is InChI=1S/C15H21F2N/c1-15(2,3)18-9-10-4-6-12(10)13-7-5-11(16)8-14(13)17/h5,7-8,10,12,18H,4,6,9H2,1-3H3. The third kappa shape index (κ3) is 3.08. The lowest BCUT2D eigenvalue weighted by Crippen LogP contribution is -2.43. The Kier molecular flexibility index (Phi) is 3.71. The van der Waals surface area contributed by atoms with Gasteiger partial charge in [0.2, 0.25) is 0 Å². The monoisotopic (exact) mass is 253 g/mol. The van der Waals surface area contributed by atoms with Crippen molar-refractivity contribution >= 4 is 0 Å². The van der Waals surface area contributed by atoms with Gasteiger partial charge in [-0.1, -0.05) is 6.07 Å². The van der Waals surface area contributed by atoms with Gasteiger partial charge >= 0.3 is 0 Å². The van der Waals surface area contributed by atoms with Gasteiger partial charge in [0.25, 0.3) is 0 Å². The van der Waals surface area contributed by atoms with Crippen molar-refractivity contribution in [1.82, 2.24) is 5.32 Å². The van der Waals surface area contributed by atoms with Crippen LogP contribution in [0.15, 0.2) is 18.2 Å². The Bertz CT molecular complexity index is 423. The Hall–Kier alpha value is -0.960. The van der Waals surface area contributed by atoms with Crippen LogP contribution in [0.2, 0.25) is 0 Å². The molecule has 0 aliphatic heterocycles. The van der Waals surface area contributed by atoms with Crippen molar-refractivity contribution in [2.24, 2.45) is 5.92 Å². The van der Waals surface area contributed by atoms with Crippen molar-refractivity contribution in [2.75, 3.05) is 6.54 Å². The van der Waals surface area contributed by atoms with Gasteiger partial charge in [0, 0.05) is 11.6 Å². The number of rotatable bonds is 3. The summed E-state index contributed by atoms with van der Waals surface area (Å²) in [6.07, 6.45) is 2.11. The zero-order valence-electron chi connectivity index (χ0n) is 11.3. The molecule has 1 aliphatic carbocycles. The normalized spacial score (nSPS) is 23.8. The van der Waals surface area contributed by atoms with E-state index in [1.807, 2.05) is 0 Å². The summed E-state index contributed by atoms with van der Waals surface area (Å²) in [5, 5.41) is 3.46. The number of hydrogen-bond acceptors (Lipinski definition) is 1. The van der Waals surface area contributed by atoms with Crippen LogP contribution in [-0.4, -0.2) is 12.1 Å². The van der Waals surface area contributed by atoms with Crippen molar-refractivity contribution in [2.45, 2.75) is 45.1 Å². The average Bonchev–Trinajstić information content (AvgIpc) is 2.18. The van der Waals surface area contributed by atoms with Crippen molar-refractivity contribution < 1.29 is 8.78 Å². The molecule has 1 nitrogen and oxygen atoms in total. The quantitative estimate of drug-likeness (QED) is 0.863. The molecule has 1 aliphatic rings. The minimum Gasteiger partial charge on any atom is -0.312 e. The molecule has 2 rings (SSSR count). The summed E-state index contributed by atoms with van der Waals surface area (Å²) < 4.78 is 26.6. The lowest BCUT2D eigenvalue weighted by molar-refractivity contribution is 0.221. The lowest BCUT2D eigenvalue weighted by Gasteiger charge is -2.39. The van der Waals surface area contributed by atoms with Gasteiger partial charge in [-0.15, -0.1) is 0 Å². The van der Waals surface area contributed by atoms with Crippen molar-refractivity contribution in [3.63, 3.8) is 0 Å². The van der Waals surface area contributed by atoms with Gasteiger partial charge in [-0.2, -0.15) is 0 Å². The van der Waals surface area contributed by atoms with Gasteiger partial charge in [-0.25, -0.2) is 8.78 Å². The molecule has 1 saturated carbocycles. The van der Waals surface area contributed by atoms with E-state index in [4.69, 9.17) is 0 Å². The molecule has 1 aromatic rings.